The molecule has 5 heteroatoms. The van der Waals surface area contributed by atoms with Crippen LogP contribution in [0.5, 0.6) is 0 Å². The molecule has 1 aromatic carbocycles. The fourth-order valence-corrected chi connectivity index (χ4v) is 2.40. The minimum atomic E-state index is 0.147. The molecule has 0 saturated heterocycles. The lowest BCUT2D eigenvalue weighted by Crippen LogP contribution is -2.26. The summed E-state index contributed by atoms with van der Waals surface area (Å²) in [5.41, 5.74) is 2.30. The van der Waals surface area contributed by atoms with E-state index in [1.165, 1.54) is 5.56 Å². The molecule has 0 aliphatic carbocycles. The van der Waals surface area contributed by atoms with Gasteiger partial charge in [0.2, 0.25) is 5.95 Å². The summed E-state index contributed by atoms with van der Waals surface area (Å²) in [5, 5.41) is 3.46. The Bertz CT molecular complexity index is 595. The fourth-order valence-electron chi connectivity index (χ4n) is 2.40. The summed E-state index contributed by atoms with van der Waals surface area (Å²) in [4.78, 5) is 13.2. The van der Waals surface area contributed by atoms with Crippen LogP contribution in [0.2, 0.25) is 0 Å². The first-order valence-electron chi connectivity index (χ1n) is 7.44. The van der Waals surface area contributed by atoms with Crippen LogP contribution in [0.1, 0.15) is 17.2 Å². The molecular weight excluding hydrogens is 274 g/mol. The lowest BCUT2D eigenvalue weighted by atomic mass is 10.1. The van der Waals surface area contributed by atoms with Crippen LogP contribution in [0.25, 0.3) is 0 Å². The van der Waals surface area contributed by atoms with Gasteiger partial charge in [0.1, 0.15) is 5.82 Å². The van der Waals surface area contributed by atoms with Gasteiger partial charge in [-0.3, -0.25) is 0 Å². The number of aromatic nitrogens is 2. The lowest BCUT2D eigenvalue weighted by Gasteiger charge is -2.23. The smallest absolute Gasteiger partial charge is 0.225 e. The molecule has 0 amide bonds. The summed E-state index contributed by atoms with van der Waals surface area (Å²) in [7, 11) is 8.12. The van der Waals surface area contributed by atoms with Gasteiger partial charge in [-0.25, -0.2) is 4.98 Å². The zero-order valence-electron chi connectivity index (χ0n) is 14.0. The summed E-state index contributed by atoms with van der Waals surface area (Å²) in [6.07, 6.45) is 1.86. The number of rotatable bonds is 6. The second-order valence-electron chi connectivity index (χ2n) is 5.96. The van der Waals surface area contributed by atoms with Crippen LogP contribution in [0.3, 0.4) is 0 Å². The van der Waals surface area contributed by atoms with Crippen molar-refractivity contribution in [1.82, 2.24) is 14.9 Å². The van der Waals surface area contributed by atoms with Crippen molar-refractivity contribution in [3.63, 3.8) is 0 Å². The number of nitrogens with one attached hydrogen (secondary N) is 1. The Kier molecular flexibility index (Phi) is 5.33. The molecule has 1 aromatic heterocycles. The quantitative estimate of drug-likeness (QED) is 0.888. The molecule has 2 aromatic rings. The van der Waals surface area contributed by atoms with E-state index in [0.29, 0.717) is 5.95 Å². The fraction of sp³-hybridized carbons (Fsp3) is 0.412. The Labute approximate surface area is 133 Å². The Balaban J connectivity index is 2.26. The van der Waals surface area contributed by atoms with E-state index in [-0.39, 0.29) is 6.04 Å². The van der Waals surface area contributed by atoms with E-state index in [9.17, 15) is 0 Å². The molecule has 0 saturated carbocycles. The van der Waals surface area contributed by atoms with Crippen LogP contribution in [0.15, 0.2) is 36.5 Å². The molecule has 5 nitrogen and oxygen atoms in total. The number of anilines is 2. The van der Waals surface area contributed by atoms with E-state index in [0.717, 1.165) is 17.9 Å². The van der Waals surface area contributed by atoms with Crippen LogP contribution in [-0.4, -0.2) is 49.6 Å². The first-order valence-corrected chi connectivity index (χ1v) is 7.44. The molecule has 0 radical (unpaired) electrons. The van der Waals surface area contributed by atoms with Crippen molar-refractivity contribution in [1.29, 1.82) is 0 Å². The van der Waals surface area contributed by atoms with Crippen LogP contribution >= 0.6 is 0 Å². The second-order valence-corrected chi connectivity index (χ2v) is 5.96. The number of hydrogen-bond acceptors (Lipinski definition) is 5. The molecular formula is C17H25N5. The van der Waals surface area contributed by atoms with Crippen molar-refractivity contribution in [2.24, 2.45) is 0 Å². The van der Waals surface area contributed by atoms with Gasteiger partial charge in [-0.1, -0.05) is 30.3 Å². The van der Waals surface area contributed by atoms with Gasteiger partial charge in [-0.2, -0.15) is 4.98 Å². The highest BCUT2D eigenvalue weighted by atomic mass is 15.2. The molecule has 1 N–H and O–H groups in total. The molecule has 0 unspecified atom stereocenters. The van der Waals surface area contributed by atoms with E-state index in [2.05, 4.69) is 58.5 Å². The highest BCUT2D eigenvalue weighted by Gasteiger charge is 2.14. The van der Waals surface area contributed by atoms with Crippen LogP contribution < -0.4 is 10.2 Å². The standard InChI is InChI=1S/C17H25N5/c1-13-11-18-17(20-16(13)22(4)5)19-15(12-21(2)3)14-9-7-6-8-10-14/h6-11,15H,12H2,1-5H3,(H,18,19,20)/t15-/m1/s1. The minimum absolute atomic E-state index is 0.147. The third-order valence-corrected chi connectivity index (χ3v) is 3.42. The predicted octanol–water partition coefficient (Wildman–Crippen LogP) is 2.57. The molecule has 0 aliphatic rings. The van der Waals surface area contributed by atoms with Crippen molar-refractivity contribution in [3.05, 3.63) is 47.7 Å². The Morgan fingerprint density at radius 1 is 1.09 bits per heavy atom. The zero-order valence-corrected chi connectivity index (χ0v) is 14.0. The highest BCUT2D eigenvalue weighted by Crippen LogP contribution is 2.21. The average Bonchev–Trinajstić information content (AvgIpc) is 2.48. The van der Waals surface area contributed by atoms with Gasteiger partial charge >= 0.3 is 0 Å². The summed E-state index contributed by atoms with van der Waals surface area (Å²) in [5.74, 6) is 1.60. The van der Waals surface area contributed by atoms with Crippen molar-refractivity contribution < 1.29 is 0 Å². The molecule has 1 heterocycles. The lowest BCUT2D eigenvalue weighted by molar-refractivity contribution is 0.386. The van der Waals surface area contributed by atoms with E-state index in [4.69, 9.17) is 0 Å². The Morgan fingerprint density at radius 2 is 1.77 bits per heavy atom. The normalized spacial score (nSPS) is 12.3. The van der Waals surface area contributed by atoms with Gasteiger partial charge in [0, 0.05) is 32.4 Å². The van der Waals surface area contributed by atoms with Crippen LogP contribution in [-0.2, 0) is 0 Å². The highest BCUT2D eigenvalue weighted by molar-refractivity contribution is 5.48. The van der Waals surface area contributed by atoms with Gasteiger partial charge in [0.25, 0.3) is 0 Å². The number of likely N-dealkylation sites (N-methyl/N-ethyl adjacent to an activating group) is 1. The predicted molar refractivity (Wildman–Crippen MR) is 92.5 cm³/mol. The molecule has 118 valence electrons. The zero-order chi connectivity index (χ0) is 16.1. The molecule has 22 heavy (non-hydrogen) atoms. The van der Waals surface area contributed by atoms with Crippen molar-refractivity contribution in [2.45, 2.75) is 13.0 Å². The summed E-state index contributed by atoms with van der Waals surface area (Å²) < 4.78 is 0. The first kappa shape index (κ1) is 16.2. The Morgan fingerprint density at radius 3 is 2.36 bits per heavy atom. The van der Waals surface area contributed by atoms with E-state index in [1.54, 1.807) is 0 Å². The summed E-state index contributed by atoms with van der Waals surface area (Å²) in [6.45, 7) is 2.89. The number of hydrogen-bond donors (Lipinski definition) is 1. The largest absolute Gasteiger partial charge is 0.362 e. The van der Waals surface area contributed by atoms with Gasteiger partial charge in [-0.05, 0) is 26.6 Å². The maximum Gasteiger partial charge on any atom is 0.225 e. The van der Waals surface area contributed by atoms with Crippen molar-refractivity contribution in [3.8, 4) is 0 Å². The Hall–Kier alpha value is -2.14. The molecule has 0 spiro atoms. The molecule has 0 fully saturated rings. The summed E-state index contributed by atoms with van der Waals surface area (Å²) in [6, 6.07) is 10.5. The third-order valence-electron chi connectivity index (χ3n) is 3.42. The van der Waals surface area contributed by atoms with E-state index >= 15 is 0 Å². The van der Waals surface area contributed by atoms with Gasteiger partial charge < -0.3 is 15.1 Å². The second kappa shape index (κ2) is 7.22. The van der Waals surface area contributed by atoms with E-state index in [1.807, 2.05) is 38.2 Å². The number of nitrogens with zero attached hydrogens (tertiary/aromatic N) is 4. The van der Waals surface area contributed by atoms with Gasteiger partial charge in [0.15, 0.2) is 0 Å². The molecule has 0 aliphatic heterocycles. The number of benzene rings is 1. The monoisotopic (exact) mass is 299 g/mol. The average molecular weight is 299 g/mol. The third kappa shape index (κ3) is 4.18. The SMILES string of the molecule is Cc1cnc(N[C@H](CN(C)C)c2ccccc2)nc1N(C)C. The summed E-state index contributed by atoms with van der Waals surface area (Å²) >= 11 is 0. The number of aryl methyl sites for hydroxylation is 1. The maximum atomic E-state index is 4.63. The maximum absolute atomic E-state index is 4.63. The van der Waals surface area contributed by atoms with Crippen molar-refractivity contribution >= 4 is 11.8 Å². The van der Waals surface area contributed by atoms with Crippen molar-refractivity contribution in [2.75, 3.05) is 45.0 Å². The minimum Gasteiger partial charge on any atom is -0.362 e. The first-order chi connectivity index (χ1) is 10.5. The van der Waals surface area contributed by atoms with Crippen LogP contribution in [0, 0.1) is 6.92 Å². The van der Waals surface area contributed by atoms with Crippen LogP contribution in [0.4, 0.5) is 11.8 Å². The topological polar surface area (TPSA) is 44.3 Å². The van der Waals surface area contributed by atoms with Gasteiger partial charge in [0.05, 0.1) is 6.04 Å². The molecule has 1 atom stereocenters. The van der Waals surface area contributed by atoms with E-state index < -0.39 is 0 Å². The molecule has 2 rings (SSSR count). The van der Waals surface area contributed by atoms with Gasteiger partial charge in [-0.15, -0.1) is 0 Å². The molecule has 0 bridgehead atoms.